The van der Waals surface area contributed by atoms with Crippen molar-refractivity contribution in [3.8, 4) is 5.75 Å². The Kier molecular flexibility index (Phi) is 5.33. The minimum Gasteiger partial charge on any atom is -0.485 e. The Morgan fingerprint density at radius 2 is 1.89 bits per heavy atom. The van der Waals surface area contributed by atoms with Crippen molar-refractivity contribution in [3.05, 3.63) is 59.9 Å². The number of anilines is 1. The van der Waals surface area contributed by atoms with Crippen LogP contribution in [-0.4, -0.2) is 22.3 Å². The highest BCUT2D eigenvalue weighted by molar-refractivity contribution is 5.95. The van der Waals surface area contributed by atoms with E-state index in [1.165, 1.54) is 6.42 Å². The largest absolute Gasteiger partial charge is 0.485 e. The van der Waals surface area contributed by atoms with Gasteiger partial charge in [0.05, 0.1) is 5.69 Å². The van der Waals surface area contributed by atoms with Crippen LogP contribution < -0.4 is 9.64 Å². The molecule has 1 aliphatic carbocycles. The van der Waals surface area contributed by atoms with Crippen LogP contribution >= 0.6 is 0 Å². The molecule has 0 bridgehead atoms. The molecule has 0 radical (unpaired) electrons. The van der Waals surface area contributed by atoms with Crippen LogP contribution in [0, 0.1) is 12.8 Å². The van der Waals surface area contributed by atoms with Crippen molar-refractivity contribution in [1.82, 2.24) is 9.38 Å². The molecule has 4 rings (SSSR count). The molecule has 2 aromatic heterocycles. The third-order valence-corrected chi connectivity index (χ3v) is 5.60. The van der Waals surface area contributed by atoms with E-state index in [1.54, 1.807) is 4.90 Å². The summed E-state index contributed by atoms with van der Waals surface area (Å²) in [4.78, 5) is 19.5. The maximum absolute atomic E-state index is 13.0. The van der Waals surface area contributed by atoms with Gasteiger partial charge in [0, 0.05) is 19.2 Å². The quantitative estimate of drug-likeness (QED) is 0.644. The molecule has 5 nitrogen and oxygen atoms in total. The van der Waals surface area contributed by atoms with E-state index in [0.717, 1.165) is 54.2 Å². The van der Waals surface area contributed by atoms with E-state index in [4.69, 9.17) is 9.72 Å². The highest BCUT2D eigenvalue weighted by Gasteiger charge is 2.27. The summed E-state index contributed by atoms with van der Waals surface area (Å²) in [6.07, 6.45) is 7.46. The number of rotatable bonds is 5. The molecule has 1 aliphatic rings. The van der Waals surface area contributed by atoms with Crippen molar-refractivity contribution >= 4 is 17.4 Å². The van der Waals surface area contributed by atoms with E-state index in [-0.39, 0.29) is 11.8 Å². The number of hydrogen-bond donors (Lipinski definition) is 0. The number of nitrogens with zero attached hydrogens (tertiary/aromatic N) is 3. The molecule has 28 heavy (non-hydrogen) atoms. The number of pyridine rings is 1. The lowest BCUT2D eigenvalue weighted by Gasteiger charge is -2.26. The Morgan fingerprint density at radius 1 is 1.14 bits per heavy atom. The van der Waals surface area contributed by atoms with Gasteiger partial charge in [-0.15, -0.1) is 0 Å². The molecule has 146 valence electrons. The summed E-state index contributed by atoms with van der Waals surface area (Å²) in [5.41, 5.74) is 2.69. The van der Waals surface area contributed by atoms with Crippen LogP contribution in [0.2, 0.25) is 0 Å². The Bertz CT molecular complexity index is 959. The number of ether oxygens (including phenoxy) is 1. The number of carbonyl (C=O) groups is 1. The molecule has 2 heterocycles. The zero-order valence-electron chi connectivity index (χ0n) is 16.6. The highest BCUT2D eigenvalue weighted by atomic mass is 16.5. The fourth-order valence-corrected chi connectivity index (χ4v) is 4.12. The van der Waals surface area contributed by atoms with E-state index < -0.39 is 0 Å². The van der Waals surface area contributed by atoms with Gasteiger partial charge >= 0.3 is 0 Å². The third-order valence-electron chi connectivity index (χ3n) is 5.60. The monoisotopic (exact) mass is 377 g/mol. The zero-order valence-corrected chi connectivity index (χ0v) is 16.6. The second-order valence-electron chi connectivity index (χ2n) is 7.59. The van der Waals surface area contributed by atoms with Gasteiger partial charge in [0.15, 0.2) is 11.4 Å². The third kappa shape index (κ3) is 3.61. The molecule has 3 aromatic rings. The Hall–Kier alpha value is -2.82. The van der Waals surface area contributed by atoms with E-state index in [9.17, 15) is 4.79 Å². The maximum Gasteiger partial charge on any atom is 0.231 e. The summed E-state index contributed by atoms with van der Waals surface area (Å²) in [6, 6.07) is 14.0. The number of aryl methyl sites for hydroxylation is 1. The van der Waals surface area contributed by atoms with Crippen molar-refractivity contribution in [3.63, 3.8) is 0 Å². The van der Waals surface area contributed by atoms with Gasteiger partial charge in [-0.2, -0.15) is 0 Å². The predicted octanol–water partition coefficient (Wildman–Crippen LogP) is 4.76. The molecule has 0 unspecified atom stereocenters. The first kappa shape index (κ1) is 18.5. The van der Waals surface area contributed by atoms with Crippen molar-refractivity contribution in [1.29, 1.82) is 0 Å². The molecule has 0 spiro atoms. The molecule has 0 saturated heterocycles. The molecule has 5 heteroatoms. The first-order valence-corrected chi connectivity index (χ1v) is 10.1. The number of aromatic nitrogens is 2. The lowest BCUT2D eigenvalue weighted by atomic mass is 9.88. The van der Waals surface area contributed by atoms with E-state index >= 15 is 0 Å². The number of hydrogen-bond acceptors (Lipinski definition) is 3. The summed E-state index contributed by atoms with van der Waals surface area (Å²) in [5, 5.41) is 0. The Labute approximate surface area is 166 Å². The lowest BCUT2D eigenvalue weighted by Crippen LogP contribution is -2.35. The SMILES string of the molecule is Cc1nc2c(OCc3ccccc3)cccn2c1N(C)C(=O)C1CCCCC1. The number of carbonyl (C=O) groups excluding carboxylic acids is 1. The second kappa shape index (κ2) is 8.05. The smallest absolute Gasteiger partial charge is 0.231 e. The van der Waals surface area contributed by atoms with Gasteiger partial charge in [-0.3, -0.25) is 14.1 Å². The minimum absolute atomic E-state index is 0.126. The number of imidazole rings is 1. The fraction of sp³-hybridized carbons (Fsp3) is 0.391. The normalized spacial score (nSPS) is 14.9. The van der Waals surface area contributed by atoms with Gasteiger partial charge in [0.25, 0.3) is 0 Å². The van der Waals surface area contributed by atoms with Crippen LogP contribution in [0.15, 0.2) is 48.7 Å². The standard InChI is InChI=1S/C23H27N3O2/c1-17-22(25(2)23(27)19-12-7-4-8-13-19)26-15-9-14-20(21(26)24-17)28-16-18-10-5-3-6-11-18/h3,5-6,9-11,14-15,19H,4,7-8,12-13,16H2,1-2H3. The molecule has 1 saturated carbocycles. The summed E-state index contributed by atoms with van der Waals surface area (Å²) < 4.78 is 8.01. The minimum atomic E-state index is 0.126. The number of fused-ring (bicyclic) bond motifs is 1. The van der Waals surface area contributed by atoms with Crippen LogP contribution in [0.5, 0.6) is 5.75 Å². The van der Waals surface area contributed by atoms with E-state index in [0.29, 0.717) is 6.61 Å². The van der Waals surface area contributed by atoms with Crippen LogP contribution in [0.1, 0.15) is 43.4 Å². The molecular formula is C23H27N3O2. The van der Waals surface area contributed by atoms with Gasteiger partial charge < -0.3 is 4.74 Å². The predicted molar refractivity (Wildman–Crippen MR) is 111 cm³/mol. The summed E-state index contributed by atoms with van der Waals surface area (Å²) in [6.45, 7) is 2.44. The lowest BCUT2D eigenvalue weighted by molar-refractivity contribution is -0.123. The van der Waals surface area contributed by atoms with Gasteiger partial charge in [0.2, 0.25) is 5.91 Å². The van der Waals surface area contributed by atoms with Crippen molar-refractivity contribution in [2.75, 3.05) is 11.9 Å². The molecule has 1 amide bonds. The van der Waals surface area contributed by atoms with Gasteiger partial charge in [-0.1, -0.05) is 49.6 Å². The zero-order chi connectivity index (χ0) is 19.5. The molecule has 0 N–H and O–H groups in total. The Balaban J connectivity index is 1.61. The van der Waals surface area contributed by atoms with Crippen LogP contribution in [0.25, 0.3) is 5.65 Å². The average molecular weight is 377 g/mol. The van der Waals surface area contributed by atoms with Crippen LogP contribution in [0.4, 0.5) is 5.82 Å². The molecular weight excluding hydrogens is 350 g/mol. The summed E-state index contributed by atoms with van der Waals surface area (Å²) >= 11 is 0. The van der Waals surface area contributed by atoms with Crippen LogP contribution in [0.3, 0.4) is 0 Å². The molecule has 1 aromatic carbocycles. The number of benzene rings is 1. The van der Waals surface area contributed by atoms with Gasteiger partial charge in [0.1, 0.15) is 12.4 Å². The van der Waals surface area contributed by atoms with E-state index in [1.807, 2.05) is 67.0 Å². The molecule has 0 aliphatic heterocycles. The first-order valence-electron chi connectivity index (χ1n) is 10.1. The van der Waals surface area contributed by atoms with E-state index in [2.05, 4.69) is 0 Å². The first-order chi connectivity index (χ1) is 13.6. The summed E-state index contributed by atoms with van der Waals surface area (Å²) in [5.74, 6) is 1.87. The molecule has 1 fully saturated rings. The maximum atomic E-state index is 13.0. The highest BCUT2D eigenvalue weighted by Crippen LogP contribution is 2.31. The average Bonchev–Trinajstić information content (AvgIpc) is 3.09. The van der Waals surface area contributed by atoms with Crippen LogP contribution in [-0.2, 0) is 11.4 Å². The topological polar surface area (TPSA) is 46.8 Å². The second-order valence-corrected chi connectivity index (χ2v) is 7.59. The van der Waals surface area contributed by atoms with Gasteiger partial charge in [-0.05, 0) is 37.5 Å². The van der Waals surface area contributed by atoms with Crippen molar-refractivity contribution < 1.29 is 9.53 Å². The van der Waals surface area contributed by atoms with Crippen molar-refractivity contribution in [2.45, 2.75) is 45.6 Å². The van der Waals surface area contributed by atoms with Gasteiger partial charge in [-0.25, -0.2) is 4.98 Å². The van der Waals surface area contributed by atoms with Crippen molar-refractivity contribution in [2.24, 2.45) is 5.92 Å². The Morgan fingerprint density at radius 3 is 2.64 bits per heavy atom. The summed E-state index contributed by atoms with van der Waals surface area (Å²) in [7, 11) is 1.87. The fourth-order valence-electron chi connectivity index (χ4n) is 4.12. The number of amides is 1. The molecule has 0 atom stereocenters.